The van der Waals surface area contributed by atoms with Crippen molar-refractivity contribution in [3.8, 4) is 0 Å². The van der Waals surface area contributed by atoms with E-state index in [-0.39, 0.29) is 40.9 Å². The summed E-state index contributed by atoms with van der Waals surface area (Å²) in [4.78, 5) is 0. The average Bonchev–Trinajstić information content (AvgIpc) is 2.93. The van der Waals surface area contributed by atoms with E-state index in [1.165, 1.54) is 0 Å². The van der Waals surface area contributed by atoms with Crippen molar-refractivity contribution in [3.05, 3.63) is 11.6 Å². The molecular weight excluding hydrogens is 1030 g/mol. The third-order valence-electron chi connectivity index (χ3n) is 20.8. The van der Waals surface area contributed by atoms with E-state index in [1.807, 2.05) is 0 Å². The fraction of sp³-hybridized carbons (Fsp3) is 0.963. The van der Waals surface area contributed by atoms with E-state index in [2.05, 4.69) is 47.6 Å². The zero-order valence-corrected chi connectivity index (χ0v) is 46.1. The third-order valence-corrected chi connectivity index (χ3v) is 20.8. The quantitative estimate of drug-likeness (QED) is 0.0637. The standard InChI is InChI=1S/C54H92O24/c1-22(9-13-33(51(4,5)70)77-49-45(41(66)36(61)28(20-57)74-49)78-48-44(69)39(64)35(60)27(19-56)73-48)23-15-16-52(6)30-12-10-24-25(54(30,8)31(58)17-53(23,52)7)11-14-32(50(24,2)3)76-47-43(68)40(65)37(62)29(75-47)21-71-46-42(67)38(63)34(59)26(18-55)72-46/h10,22-23,25-49,55-70H,9,11-21H2,1-8H3/t22-,23?,25-,26-,27+,28-,29-,30-,31-,32+,33-,34-,35+,36-,37-,38+,39-,40+,41+,42-,43-,44+,45-,46-,47+,48-,49+,52+,53-,54+/m1/s1. The van der Waals surface area contributed by atoms with Gasteiger partial charge in [-0.05, 0) is 99.7 Å². The first-order valence-corrected chi connectivity index (χ1v) is 28.0. The Hall–Kier alpha value is -1.22. The molecule has 4 heterocycles. The summed E-state index contributed by atoms with van der Waals surface area (Å²) in [7, 11) is 0. The number of rotatable bonds is 17. The number of aliphatic hydroxyl groups is 16. The van der Waals surface area contributed by atoms with Crippen LogP contribution in [0.4, 0.5) is 0 Å². The Morgan fingerprint density at radius 1 is 0.590 bits per heavy atom. The van der Waals surface area contributed by atoms with E-state index < -0.39 is 184 Å². The molecule has 0 aromatic carbocycles. The summed E-state index contributed by atoms with van der Waals surface area (Å²) in [6.45, 7) is 13.6. The Bertz CT molecular complexity index is 2030. The minimum Gasteiger partial charge on any atom is -0.394 e. The Morgan fingerprint density at radius 3 is 1.65 bits per heavy atom. The van der Waals surface area contributed by atoms with Crippen LogP contribution in [-0.2, 0) is 37.9 Å². The molecule has 4 aliphatic carbocycles. The predicted octanol–water partition coefficient (Wildman–Crippen LogP) is -3.23. The molecule has 1 unspecified atom stereocenters. The molecule has 24 nitrogen and oxygen atoms in total. The van der Waals surface area contributed by atoms with E-state index in [9.17, 15) is 81.7 Å². The molecule has 0 amide bonds. The second-order valence-electron chi connectivity index (χ2n) is 25.9. The minimum absolute atomic E-state index is 0.0338. The van der Waals surface area contributed by atoms with Crippen molar-refractivity contribution in [2.45, 2.75) is 253 Å². The van der Waals surface area contributed by atoms with Gasteiger partial charge in [0.1, 0.15) is 97.7 Å². The Morgan fingerprint density at radius 2 is 1.09 bits per heavy atom. The molecule has 0 radical (unpaired) electrons. The van der Waals surface area contributed by atoms with Gasteiger partial charge in [0.05, 0.1) is 50.3 Å². The number of hydrogen-bond donors (Lipinski definition) is 16. The molecule has 0 aromatic rings. The van der Waals surface area contributed by atoms with E-state index >= 15 is 0 Å². The van der Waals surface area contributed by atoms with Gasteiger partial charge in [-0.15, -0.1) is 0 Å². The Kier molecular flexibility index (Phi) is 19.1. The van der Waals surface area contributed by atoms with Crippen LogP contribution < -0.4 is 0 Å². The summed E-state index contributed by atoms with van der Waals surface area (Å²) in [5.41, 5.74) is -2.12. The van der Waals surface area contributed by atoms with Crippen LogP contribution in [0.25, 0.3) is 0 Å². The molecule has 452 valence electrons. The van der Waals surface area contributed by atoms with E-state index in [4.69, 9.17) is 37.9 Å². The van der Waals surface area contributed by atoms with Crippen molar-refractivity contribution in [2.24, 2.45) is 45.3 Å². The lowest BCUT2D eigenvalue weighted by Crippen LogP contribution is -2.65. The van der Waals surface area contributed by atoms with Gasteiger partial charge in [0.15, 0.2) is 25.2 Å². The normalized spacial score (nSPS) is 51.4. The monoisotopic (exact) mass is 1120 g/mol. The highest BCUT2D eigenvalue weighted by Crippen LogP contribution is 2.75. The van der Waals surface area contributed by atoms with Crippen LogP contribution in [0.15, 0.2) is 11.6 Å². The largest absolute Gasteiger partial charge is 0.394 e. The maximum Gasteiger partial charge on any atom is 0.187 e. The van der Waals surface area contributed by atoms with Gasteiger partial charge in [-0.2, -0.15) is 0 Å². The fourth-order valence-corrected chi connectivity index (χ4v) is 15.6. The second kappa shape index (κ2) is 23.7. The van der Waals surface area contributed by atoms with Crippen LogP contribution in [0, 0.1) is 45.3 Å². The molecule has 0 spiro atoms. The summed E-state index contributed by atoms with van der Waals surface area (Å²) in [5, 5.41) is 172. The first-order valence-electron chi connectivity index (χ1n) is 28.0. The first-order chi connectivity index (χ1) is 36.4. The van der Waals surface area contributed by atoms with E-state index in [0.717, 1.165) is 18.4 Å². The maximum atomic E-state index is 12.7. The molecule has 0 bridgehead atoms. The molecule has 3 saturated carbocycles. The molecule has 4 saturated heterocycles. The van der Waals surface area contributed by atoms with E-state index in [0.29, 0.717) is 32.1 Å². The molecule has 8 aliphatic rings. The summed E-state index contributed by atoms with van der Waals surface area (Å²) >= 11 is 0. The Balaban J connectivity index is 0.940. The molecule has 7 fully saturated rings. The van der Waals surface area contributed by atoms with Crippen molar-refractivity contribution in [1.29, 1.82) is 0 Å². The smallest absolute Gasteiger partial charge is 0.187 e. The Labute approximate surface area is 455 Å². The molecule has 16 N–H and O–H groups in total. The topological polar surface area (TPSA) is 398 Å². The predicted molar refractivity (Wildman–Crippen MR) is 268 cm³/mol. The first kappa shape index (κ1) is 62.8. The van der Waals surface area contributed by atoms with Gasteiger partial charge in [-0.1, -0.05) is 53.2 Å². The maximum absolute atomic E-state index is 12.7. The van der Waals surface area contributed by atoms with Gasteiger partial charge in [-0.3, -0.25) is 0 Å². The van der Waals surface area contributed by atoms with Crippen LogP contribution in [-0.4, -0.2) is 255 Å². The summed E-state index contributed by atoms with van der Waals surface area (Å²) in [5.74, 6) is 0.236. The number of ether oxygens (including phenoxy) is 8. The van der Waals surface area contributed by atoms with Crippen molar-refractivity contribution in [2.75, 3.05) is 26.4 Å². The molecule has 4 aliphatic heterocycles. The zero-order chi connectivity index (χ0) is 57.5. The van der Waals surface area contributed by atoms with Gasteiger partial charge < -0.3 is 120 Å². The number of hydrogen-bond acceptors (Lipinski definition) is 24. The molecule has 30 atom stereocenters. The molecule has 8 rings (SSSR count). The highest BCUT2D eigenvalue weighted by Gasteiger charge is 2.70. The zero-order valence-electron chi connectivity index (χ0n) is 46.1. The van der Waals surface area contributed by atoms with Crippen LogP contribution in [0.5, 0.6) is 0 Å². The van der Waals surface area contributed by atoms with Crippen LogP contribution in [0.3, 0.4) is 0 Å². The average molecular weight is 1130 g/mol. The molecule has 24 heteroatoms. The fourth-order valence-electron chi connectivity index (χ4n) is 15.6. The lowest BCUT2D eigenvalue weighted by Gasteiger charge is -2.67. The molecule has 78 heavy (non-hydrogen) atoms. The molecular formula is C54H92O24. The number of fused-ring (bicyclic) bond motifs is 5. The SMILES string of the molecule is C[C@H](CC[C@@H](O[C@@H]1O[C@H](CO)[C@@H](O)[C@H](O)[C@H]1O[C@H]1O[C@@H](CO)[C@H](O)[C@@H](O)[C@@H]1O)C(C)(C)O)C1CC[C@@]2(C)[C@H]3CC=C4[C@@H](CC[C@H](O[C@@H]5O[C@H](CO[C@@H]6O[C@H](CO)[C@@H](O)[C@H](O)[C@H]6O)[C@@H](O)[C@H](O)[C@H]5O)C4(C)C)[C@]3(C)[C@H](O)C[C@]12C. The third kappa shape index (κ3) is 11.0. The van der Waals surface area contributed by atoms with Crippen molar-refractivity contribution in [3.63, 3.8) is 0 Å². The van der Waals surface area contributed by atoms with Crippen LogP contribution in [0.1, 0.15) is 107 Å². The highest BCUT2D eigenvalue weighted by atomic mass is 16.8. The van der Waals surface area contributed by atoms with Gasteiger partial charge in [-0.25, -0.2) is 0 Å². The summed E-state index contributed by atoms with van der Waals surface area (Å²) < 4.78 is 47.5. The minimum atomic E-state index is -1.85. The van der Waals surface area contributed by atoms with Gasteiger partial charge in [0, 0.05) is 10.8 Å². The highest BCUT2D eigenvalue weighted by molar-refractivity contribution is 5.32. The number of aliphatic hydroxyl groups excluding tert-OH is 15. The van der Waals surface area contributed by atoms with Crippen LogP contribution >= 0.6 is 0 Å². The number of allylic oxidation sites excluding steroid dienone is 1. The summed E-state index contributed by atoms with van der Waals surface area (Å²) in [6, 6.07) is 0. The summed E-state index contributed by atoms with van der Waals surface area (Å²) in [6.07, 6.45) is -26.9. The van der Waals surface area contributed by atoms with Crippen molar-refractivity contribution in [1.82, 2.24) is 0 Å². The van der Waals surface area contributed by atoms with Crippen LogP contribution in [0.2, 0.25) is 0 Å². The van der Waals surface area contributed by atoms with Crippen molar-refractivity contribution >= 4 is 0 Å². The second-order valence-corrected chi connectivity index (χ2v) is 25.9. The van der Waals surface area contributed by atoms with Gasteiger partial charge in [0.2, 0.25) is 0 Å². The van der Waals surface area contributed by atoms with Gasteiger partial charge >= 0.3 is 0 Å². The lowest BCUT2D eigenvalue weighted by atomic mass is 9.38. The van der Waals surface area contributed by atoms with E-state index in [1.54, 1.807) is 13.8 Å². The molecule has 0 aromatic heterocycles. The van der Waals surface area contributed by atoms with Gasteiger partial charge in [0.25, 0.3) is 0 Å². The lowest BCUT2D eigenvalue weighted by molar-refractivity contribution is -0.375. The van der Waals surface area contributed by atoms with Crippen molar-refractivity contribution < 1.29 is 120 Å².